The van der Waals surface area contributed by atoms with Crippen LogP contribution >= 0.6 is 0 Å². The van der Waals surface area contributed by atoms with E-state index in [4.69, 9.17) is 4.74 Å². The first-order chi connectivity index (χ1) is 17.1. The van der Waals surface area contributed by atoms with Gasteiger partial charge in [0.2, 0.25) is 0 Å². The molecular weight excluding hydrogens is 426 g/mol. The van der Waals surface area contributed by atoms with E-state index in [2.05, 4.69) is 66.4 Å². The molecule has 8 rings (SSSR count). The van der Waals surface area contributed by atoms with Crippen molar-refractivity contribution >= 4 is 10.8 Å². The molecule has 182 valence electrons. The van der Waals surface area contributed by atoms with Gasteiger partial charge in [-0.1, -0.05) is 61.5 Å². The van der Waals surface area contributed by atoms with Crippen LogP contribution in [0.4, 0.5) is 0 Å². The summed E-state index contributed by atoms with van der Waals surface area (Å²) in [5.74, 6) is 1.26. The topological polar surface area (TPSA) is 12.5 Å². The van der Waals surface area contributed by atoms with Crippen molar-refractivity contribution in [3.05, 3.63) is 71.3 Å². The van der Waals surface area contributed by atoms with Crippen molar-refractivity contribution in [1.82, 2.24) is 4.90 Å². The minimum absolute atomic E-state index is 0.0299. The van der Waals surface area contributed by atoms with Gasteiger partial charge in [0.1, 0.15) is 0 Å². The molecule has 2 aromatic rings. The lowest BCUT2D eigenvalue weighted by molar-refractivity contribution is -0.140. The third-order valence-corrected chi connectivity index (χ3v) is 11.5. The van der Waals surface area contributed by atoms with Crippen LogP contribution in [0.3, 0.4) is 0 Å². The van der Waals surface area contributed by atoms with Crippen molar-refractivity contribution < 1.29 is 4.74 Å². The molecule has 3 aliphatic heterocycles. The van der Waals surface area contributed by atoms with Crippen LogP contribution < -0.4 is 0 Å². The maximum atomic E-state index is 7.54. The van der Waals surface area contributed by atoms with Crippen LogP contribution in [-0.4, -0.2) is 35.2 Å². The maximum Gasteiger partial charge on any atom is 0.0974 e. The minimum atomic E-state index is -0.0327. The molecule has 6 atom stereocenters. The van der Waals surface area contributed by atoms with Gasteiger partial charge in [-0.3, -0.25) is 0 Å². The molecule has 2 aromatic carbocycles. The van der Waals surface area contributed by atoms with E-state index in [0.717, 1.165) is 6.04 Å². The van der Waals surface area contributed by atoms with Gasteiger partial charge in [0.25, 0.3) is 0 Å². The fraction of sp³-hybridized carbons (Fsp3) is 0.576. The number of hydrogen-bond acceptors (Lipinski definition) is 2. The minimum Gasteiger partial charge on any atom is -0.359 e. The average molecular weight is 466 g/mol. The van der Waals surface area contributed by atoms with Crippen molar-refractivity contribution in [2.24, 2.45) is 11.3 Å². The van der Waals surface area contributed by atoms with Gasteiger partial charge >= 0.3 is 0 Å². The first-order valence-electron chi connectivity index (χ1n) is 14.4. The molecule has 3 heterocycles. The van der Waals surface area contributed by atoms with Crippen molar-refractivity contribution in [2.75, 3.05) is 13.1 Å². The van der Waals surface area contributed by atoms with E-state index in [1.54, 1.807) is 16.7 Å². The van der Waals surface area contributed by atoms with Gasteiger partial charge in [-0.05, 0) is 122 Å². The zero-order valence-corrected chi connectivity index (χ0v) is 21.3. The summed E-state index contributed by atoms with van der Waals surface area (Å²) in [6, 6.07) is 16.8. The van der Waals surface area contributed by atoms with Gasteiger partial charge in [-0.15, -0.1) is 0 Å². The van der Waals surface area contributed by atoms with E-state index in [1.807, 2.05) is 0 Å². The van der Waals surface area contributed by atoms with E-state index < -0.39 is 0 Å². The molecule has 4 fully saturated rings. The highest BCUT2D eigenvalue weighted by Gasteiger charge is 2.66. The second kappa shape index (κ2) is 7.33. The molecule has 2 unspecified atom stereocenters. The molecular formula is C33H39NO. The summed E-state index contributed by atoms with van der Waals surface area (Å²) >= 11 is 0. The molecule has 2 saturated carbocycles. The number of nitrogens with zero attached hydrogens (tertiary/aromatic N) is 1. The highest BCUT2D eigenvalue weighted by atomic mass is 16.5. The van der Waals surface area contributed by atoms with Crippen molar-refractivity contribution in [1.29, 1.82) is 0 Å². The van der Waals surface area contributed by atoms with Crippen LogP contribution in [-0.2, 0) is 4.74 Å². The highest BCUT2D eigenvalue weighted by Crippen LogP contribution is 2.69. The Bertz CT molecular complexity index is 1250. The van der Waals surface area contributed by atoms with Crippen LogP contribution in [0.5, 0.6) is 0 Å². The Morgan fingerprint density at radius 3 is 2.69 bits per heavy atom. The Balaban J connectivity index is 1.15. The number of allylic oxidation sites excluding steroid dienone is 1. The van der Waals surface area contributed by atoms with E-state index >= 15 is 0 Å². The number of likely N-dealkylation sites (tertiary alicyclic amines) is 1. The fourth-order valence-corrected chi connectivity index (χ4v) is 9.77. The molecule has 2 heteroatoms. The average Bonchev–Trinajstić information content (AvgIpc) is 3.60. The number of fused-ring (bicyclic) bond motifs is 2. The summed E-state index contributed by atoms with van der Waals surface area (Å²) < 4.78 is 7.54. The van der Waals surface area contributed by atoms with Crippen LogP contribution in [0.25, 0.3) is 10.8 Å². The van der Waals surface area contributed by atoms with Gasteiger partial charge < -0.3 is 9.64 Å². The number of rotatable bonds is 2. The van der Waals surface area contributed by atoms with Crippen LogP contribution in [0.15, 0.2) is 65.8 Å². The van der Waals surface area contributed by atoms with E-state index in [0.29, 0.717) is 11.8 Å². The number of benzene rings is 2. The lowest BCUT2D eigenvalue weighted by atomic mass is 9.58. The zero-order chi connectivity index (χ0) is 23.3. The summed E-state index contributed by atoms with van der Waals surface area (Å²) in [5.41, 5.74) is 5.03. The standard InChI is InChI=1S/C33H39NO/c1-31-15-14-27-21-26-10-11-28(34-18-4-5-19-34)22-32(26)16-17-33(27,35-32)30(31)13-12-29(31)25-9-8-23-6-2-3-7-24(23)20-25/h2-3,6-9,14,20-21,28-30H,4-5,10-13,15-19,22H2,1H3/t28-,29?,30+,31+,32+,33?/m0/s1. The van der Waals surface area contributed by atoms with Gasteiger partial charge in [0.05, 0.1) is 11.2 Å². The van der Waals surface area contributed by atoms with E-state index in [1.165, 1.54) is 88.1 Å². The first-order valence-corrected chi connectivity index (χ1v) is 14.4. The van der Waals surface area contributed by atoms with Gasteiger partial charge in [0.15, 0.2) is 0 Å². The molecule has 2 bridgehead atoms. The first kappa shape index (κ1) is 21.2. The molecule has 0 aromatic heterocycles. The molecule has 6 aliphatic rings. The maximum absolute atomic E-state index is 7.54. The Morgan fingerprint density at radius 1 is 0.943 bits per heavy atom. The molecule has 2 spiro atoms. The predicted octanol–water partition coefficient (Wildman–Crippen LogP) is 7.55. The summed E-state index contributed by atoms with van der Waals surface area (Å²) in [7, 11) is 0. The summed E-state index contributed by atoms with van der Waals surface area (Å²) in [6.45, 7) is 5.22. The van der Waals surface area contributed by atoms with Crippen molar-refractivity contribution in [3.8, 4) is 0 Å². The van der Waals surface area contributed by atoms with Crippen LogP contribution in [0.2, 0.25) is 0 Å². The SMILES string of the molecule is C[C@]12CC=C3C=C4CC[C@H](N5CCCC5)C[C@]45CCC3(O5)[C@@H]1CCC2c1ccc2ccccc2c1. The van der Waals surface area contributed by atoms with Crippen molar-refractivity contribution in [3.63, 3.8) is 0 Å². The fourth-order valence-electron chi connectivity index (χ4n) is 9.77. The van der Waals surface area contributed by atoms with Gasteiger partial charge in [-0.25, -0.2) is 0 Å². The zero-order valence-electron chi connectivity index (χ0n) is 21.3. The van der Waals surface area contributed by atoms with Gasteiger partial charge in [-0.2, -0.15) is 0 Å². The molecule has 3 aliphatic carbocycles. The summed E-state index contributed by atoms with van der Waals surface area (Å²) in [6.07, 6.45) is 18.1. The Hall–Kier alpha value is -1.90. The van der Waals surface area contributed by atoms with E-state index in [9.17, 15) is 0 Å². The Kier molecular flexibility index (Phi) is 4.44. The lowest BCUT2D eigenvalue weighted by Crippen LogP contribution is -2.55. The molecule has 35 heavy (non-hydrogen) atoms. The smallest absolute Gasteiger partial charge is 0.0974 e. The predicted molar refractivity (Wildman–Crippen MR) is 143 cm³/mol. The molecule has 0 radical (unpaired) electrons. The molecule has 0 amide bonds. The third kappa shape index (κ3) is 2.85. The third-order valence-electron chi connectivity index (χ3n) is 11.5. The second-order valence-corrected chi connectivity index (χ2v) is 13.0. The Labute approximate surface area is 210 Å². The molecule has 2 saturated heterocycles. The van der Waals surface area contributed by atoms with Crippen LogP contribution in [0, 0.1) is 11.3 Å². The normalized spacial score (nSPS) is 42.4. The van der Waals surface area contributed by atoms with Crippen molar-refractivity contribution in [2.45, 2.75) is 94.3 Å². The van der Waals surface area contributed by atoms with E-state index in [-0.39, 0.29) is 16.6 Å². The molecule has 0 N–H and O–H groups in total. The second-order valence-electron chi connectivity index (χ2n) is 13.0. The quantitative estimate of drug-likeness (QED) is 0.454. The summed E-state index contributed by atoms with van der Waals surface area (Å²) in [5, 5.41) is 2.75. The largest absolute Gasteiger partial charge is 0.359 e. The van der Waals surface area contributed by atoms with Gasteiger partial charge in [0, 0.05) is 6.04 Å². The number of hydrogen-bond donors (Lipinski definition) is 0. The monoisotopic (exact) mass is 465 g/mol. The number of ether oxygens (including phenoxy) is 1. The summed E-state index contributed by atoms with van der Waals surface area (Å²) in [4.78, 5) is 2.79. The Morgan fingerprint density at radius 2 is 1.80 bits per heavy atom. The lowest BCUT2D eigenvalue weighted by Gasteiger charge is -2.55. The highest BCUT2D eigenvalue weighted by molar-refractivity contribution is 5.83. The molecule has 2 nitrogen and oxygen atoms in total. The van der Waals surface area contributed by atoms with Crippen LogP contribution in [0.1, 0.15) is 82.6 Å².